The van der Waals surface area contributed by atoms with Crippen LogP contribution in [0.4, 0.5) is 0 Å². The zero-order chi connectivity index (χ0) is 3.54. The molecule has 0 saturated heterocycles. The van der Waals surface area contributed by atoms with Gasteiger partial charge in [0.15, 0.2) is 0 Å². The molecular formula is C2H2CoN3-. The smallest absolute Gasteiger partial charge is 0 e. The van der Waals surface area contributed by atoms with Crippen molar-refractivity contribution in [1.29, 1.82) is 0 Å². The first kappa shape index (κ1) is 5.65. The molecule has 1 aromatic heterocycles. The summed E-state index contributed by atoms with van der Waals surface area (Å²) in [6.45, 7) is 0. The van der Waals surface area contributed by atoms with E-state index in [9.17, 15) is 0 Å². The first-order valence-electron chi connectivity index (χ1n) is 1.22. The molecule has 35 valence electrons. The van der Waals surface area contributed by atoms with Crippen molar-refractivity contribution in [3.8, 4) is 0 Å². The summed E-state index contributed by atoms with van der Waals surface area (Å²) in [5.41, 5.74) is 0. The number of hydrogen-bond donors (Lipinski definition) is 1. The van der Waals surface area contributed by atoms with E-state index in [1.165, 1.54) is 6.20 Å². The van der Waals surface area contributed by atoms with Gasteiger partial charge in [-0.3, -0.25) is 0 Å². The van der Waals surface area contributed by atoms with E-state index in [4.69, 9.17) is 0 Å². The van der Waals surface area contributed by atoms with Gasteiger partial charge >= 0.3 is 0 Å². The summed E-state index contributed by atoms with van der Waals surface area (Å²) in [6, 6.07) is 0. The van der Waals surface area contributed by atoms with Crippen LogP contribution < -0.4 is 0 Å². The van der Waals surface area contributed by atoms with Crippen LogP contribution in [0.3, 0.4) is 0 Å². The Balaban J connectivity index is 0.000000250. The van der Waals surface area contributed by atoms with Crippen molar-refractivity contribution < 1.29 is 16.8 Å². The molecule has 0 aliphatic rings. The van der Waals surface area contributed by atoms with Crippen LogP contribution in [0.5, 0.6) is 0 Å². The Hall–Kier alpha value is -0.354. The van der Waals surface area contributed by atoms with Gasteiger partial charge in [-0.2, -0.15) is 0 Å². The molecule has 1 radical (unpaired) electrons. The third-order valence-corrected chi connectivity index (χ3v) is 0.295. The fraction of sp³-hybridized carbons (Fsp3) is 0. The summed E-state index contributed by atoms with van der Waals surface area (Å²) < 4.78 is 0. The van der Waals surface area contributed by atoms with Crippen LogP contribution >= 0.6 is 0 Å². The number of aromatic nitrogens is 3. The molecule has 0 fully saturated rings. The van der Waals surface area contributed by atoms with Crippen LogP contribution in [0.25, 0.3) is 0 Å². The predicted molar refractivity (Wildman–Crippen MR) is 15.2 cm³/mol. The van der Waals surface area contributed by atoms with Gasteiger partial charge in [-0.05, 0) is 0 Å². The van der Waals surface area contributed by atoms with Gasteiger partial charge in [0.2, 0.25) is 0 Å². The molecule has 0 atom stereocenters. The molecule has 1 rings (SSSR count). The van der Waals surface area contributed by atoms with Crippen molar-refractivity contribution in [2.24, 2.45) is 0 Å². The largest absolute Gasteiger partial charge is 0.352 e. The first-order chi connectivity index (χ1) is 2.50. The minimum atomic E-state index is 0. The fourth-order valence-electron chi connectivity index (χ4n) is 0.144. The number of H-pyrrole nitrogens is 1. The zero-order valence-corrected chi connectivity index (χ0v) is 3.85. The summed E-state index contributed by atoms with van der Waals surface area (Å²) in [5, 5.41) is 9.03. The van der Waals surface area contributed by atoms with Crippen molar-refractivity contribution in [2.75, 3.05) is 0 Å². The minimum Gasteiger partial charge on any atom is -0.352 e. The molecule has 6 heavy (non-hydrogen) atoms. The first-order valence-corrected chi connectivity index (χ1v) is 1.22. The molecule has 1 N–H and O–H groups in total. The average Bonchev–Trinajstić information content (AvgIpc) is 1.76. The second-order valence-electron chi connectivity index (χ2n) is 0.603. The van der Waals surface area contributed by atoms with E-state index in [0.29, 0.717) is 0 Å². The maximum absolute atomic E-state index is 3.29. The van der Waals surface area contributed by atoms with Gasteiger partial charge in [-0.25, -0.2) is 0 Å². The molecule has 0 bridgehead atoms. The zero-order valence-electron chi connectivity index (χ0n) is 2.81. The second kappa shape index (κ2) is 2.86. The average molecular weight is 127 g/mol. The Morgan fingerprint density at radius 1 is 1.67 bits per heavy atom. The van der Waals surface area contributed by atoms with E-state index in [1.54, 1.807) is 0 Å². The normalized spacial score (nSPS) is 6.67. The minimum absolute atomic E-state index is 0. The SMILES string of the molecule is [Co].[c-]1c[nH]nn1. The van der Waals surface area contributed by atoms with Gasteiger partial charge < -0.3 is 16.4 Å². The summed E-state index contributed by atoms with van der Waals surface area (Å²) in [7, 11) is 0. The summed E-state index contributed by atoms with van der Waals surface area (Å²) in [4.78, 5) is 0. The molecule has 0 aliphatic carbocycles. The Labute approximate surface area is 45.3 Å². The van der Waals surface area contributed by atoms with Crippen LogP contribution in [0.1, 0.15) is 0 Å². The summed E-state index contributed by atoms with van der Waals surface area (Å²) in [6.07, 6.45) is 3.97. The van der Waals surface area contributed by atoms with Gasteiger partial charge in [0.25, 0.3) is 0 Å². The fourth-order valence-corrected chi connectivity index (χ4v) is 0.144. The van der Waals surface area contributed by atoms with Crippen molar-refractivity contribution >= 4 is 0 Å². The van der Waals surface area contributed by atoms with E-state index < -0.39 is 0 Å². The molecule has 3 nitrogen and oxygen atoms in total. The van der Waals surface area contributed by atoms with E-state index in [-0.39, 0.29) is 16.8 Å². The molecule has 0 unspecified atom stereocenters. The Morgan fingerprint density at radius 3 is 2.67 bits per heavy atom. The van der Waals surface area contributed by atoms with Gasteiger partial charge in [0.1, 0.15) is 0 Å². The Morgan fingerprint density at radius 2 is 2.50 bits per heavy atom. The molecule has 0 amide bonds. The topological polar surface area (TPSA) is 41.6 Å². The van der Waals surface area contributed by atoms with Crippen LogP contribution in [-0.4, -0.2) is 15.4 Å². The van der Waals surface area contributed by atoms with Crippen molar-refractivity contribution in [2.45, 2.75) is 0 Å². The molecule has 1 heterocycles. The molecule has 4 heteroatoms. The molecular weight excluding hydrogens is 125 g/mol. The summed E-state index contributed by atoms with van der Waals surface area (Å²) in [5.74, 6) is 0. The van der Waals surface area contributed by atoms with Crippen LogP contribution in [0.2, 0.25) is 0 Å². The van der Waals surface area contributed by atoms with Gasteiger partial charge in [0.05, 0.1) is 0 Å². The van der Waals surface area contributed by atoms with Crippen LogP contribution in [0.15, 0.2) is 6.20 Å². The van der Waals surface area contributed by atoms with E-state index in [2.05, 4.69) is 21.6 Å². The van der Waals surface area contributed by atoms with E-state index in [0.717, 1.165) is 0 Å². The monoisotopic (exact) mass is 127 g/mol. The standard InChI is InChI=1S/C2H2N3.Co/c1-2-4-5-3-1;/h1H,(H,3,4,5);/q-1;. The second-order valence-corrected chi connectivity index (χ2v) is 0.603. The van der Waals surface area contributed by atoms with Gasteiger partial charge in [-0.1, -0.05) is 0 Å². The molecule has 1 aromatic rings. The summed E-state index contributed by atoms with van der Waals surface area (Å²) >= 11 is 0. The number of nitrogens with zero attached hydrogens (tertiary/aromatic N) is 2. The molecule has 0 aliphatic heterocycles. The third-order valence-electron chi connectivity index (χ3n) is 0.295. The third kappa shape index (κ3) is 1.18. The van der Waals surface area contributed by atoms with Crippen molar-refractivity contribution in [3.63, 3.8) is 0 Å². The number of nitrogens with one attached hydrogen (secondary N) is 1. The van der Waals surface area contributed by atoms with Crippen LogP contribution in [-0.2, 0) is 16.8 Å². The maximum Gasteiger partial charge on any atom is 0 e. The van der Waals surface area contributed by atoms with Crippen molar-refractivity contribution in [3.05, 3.63) is 12.4 Å². The van der Waals surface area contributed by atoms with E-state index in [1.807, 2.05) is 0 Å². The van der Waals surface area contributed by atoms with E-state index >= 15 is 0 Å². The Bertz CT molecular complexity index is 65.3. The van der Waals surface area contributed by atoms with Crippen molar-refractivity contribution in [1.82, 2.24) is 15.4 Å². The number of rotatable bonds is 0. The molecule has 0 saturated carbocycles. The van der Waals surface area contributed by atoms with Gasteiger partial charge in [-0.15, -0.1) is 11.4 Å². The molecule has 0 aromatic carbocycles. The number of hydrogen-bond acceptors (Lipinski definition) is 2. The van der Waals surface area contributed by atoms with Crippen LogP contribution in [0, 0.1) is 6.20 Å². The number of aromatic amines is 1. The Kier molecular flexibility index (Phi) is 2.69. The predicted octanol–water partition coefficient (Wildman–Crippen LogP) is -0.398. The maximum atomic E-state index is 3.29. The molecule has 0 spiro atoms. The van der Waals surface area contributed by atoms with Gasteiger partial charge in [0, 0.05) is 16.8 Å². The quantitative estimate of drug-likeness (QED) is 0.482.